The quantitative estimate of drug-likeness (QED) is 0.258. The first kappa shape index (κ1) is 21.1. The zero-order chi connectivity index (χ0) is 15.5. The van der Waals surface area contributed by atoms with Crippen molar-refractivity contribution in [2.45, 2.75) is 26.5 Å². The predicted molar refractivity (Wildman–Crippen MR) is 97.0 cm³/mol. The molecule has 0 spiro atoms. The fourth-order valence-electron chi connectivity index (χ4n) is 1.78. The van der Waals surface area contributed by atoms with Crippen molar-refractivity contribution >= 4 is 29.9 Å². The van der Waals surface area contributed by atoms with E-state index in [0.717, 1.165) is 25.1 Å². The van der Waals surface area contributed by atoms with E-state index < -0.39 is 5.82 Å². The van der Waals surface area contributed by atoms with Gasteiger partial charge in [0, 0.05) is 32.4 Å². The number of nitrogens with zero attached hydrogens (tertiary/aromatic N) is 1. The summed E-state index contributed by atoms with van der Waals surface area (Å²) in [5, 5.41) is 15.4. The number of benzene rings is 1. The molecule has 3 N–H and O–H groups in total. The minimum atomic E-state index is -0.394. The normalized spacial score (nSPS) is 11.0. The predicted octanol–water partition coefficient (Wildman–Crippen LogP) is 2.03. The standard InChI is InChI=1S/C15H24FN3O2.HI/c1-3-17-15(18-7-4-8-21-2)19-10-12-5-6-14(16)13(9-12)11-20;/h5-6,9,20H,3-4,7-8,10-11H2,1-2H3,(H2,17,18,19);1H. The number of aliphatic imine (C=N–C) groups is 1. The van der Waals surface area contributed by atoms with Gasteiger partial charge in [-0.15, -0.1) is 24.0 Å². The van der Waals surface area contributed by atoms with Gasteiger partial charge in [-0.05, 0) is 31.0 Å². The van der Waals surface area contributed by atoms with Crippen LogP contribution in [0.5, 0.6) is 0 Å². The lowest BCUT2D eigenvalue weighted by atomic mass is 10.1. The van der Waals surface area contributed by atoms with E-state index in [1.807, 2.05) is 6.92 Å². The third-order valence-electron chi connectivity index (χ3n) is 2.86. The first-order valence-corrected chi connectivity index (χ1v) is 7.10. The largest absolute Gasteiger partial charge is 0.392 e. The fourth-order valence-corrected chi connectivity index (χ4v) is 1.78. The van der Waals surface area contributed by atoms with Crippen LogP contribution < -0.4 is 10.6 Å². The van der Waals surface area contributed by atoms with Crippen LogP contribution >= 0.6 is 24.0 Å². The maximum absolute atomic E-state index is 13.3. The molecule has 0 radical (unpaired) electrons. The Morgan fingerprint density at radius 1 is 1.36 bits per heavy atom. The molecular formula is C15H25FIN3O2. The first-order chi connectivity index (χ1) is 10.2. The molecule has 22 heavy (non-hydrogen) atoms. The van der Waals surface area contributed by atoms with Crippen LogP contribution in [-0.2, 0) is 17.9 Å². The summed E-state index contributed by atoms with van der Waals surface area (Å²) in [6.45, 7) is 4.34. The molecule has 7 heteroatoms. The molecule has 0 aliphatic rings. The third kappa shape index (κ3) is 7.90. The number of hydrogen-bond donors (Lipinski definition) is 3. The molecule has 0 amide bonds. The summed E-state index contributed by atoms with van der Waals surface area (Å²) in [6.07, 6.45) is 0.895. The lowest BCUT2D eigenvalue weighted by Gasteiger charge is -2.11. The van der Waals surface area contributed by atoms with Crippen LogP contribution in [0.15, 0.2) is 23.2 Å². The van der Waals surface area contributed by atoms with E-state index in [0.29, 0.717) is 24.7 Å². The molecule has 0 heterocycles. The molecule has 0 aromatic heterocycles. The number of hydrogen-bond acceptors (Lipinski definition) is 3. The lowest BCUT2D eigenvalue weighted by Crippen LogP contribution is -2.38. The van der Waals surface area contributed by atoms with E-state index >= 15 is 0 Å². The summed E-state index contributed by atoms with van der Waals surface area (Å²) in [4.78, 5) is 4.44. The molecule has 0 bridgehead atoms. The van der Waals surface area contributed by atoms with Crippen molar-refractivity contribution < 1.29 is 14.2 Å². The highest BCUT2D eigenvalue weighted by Gasteiger charge is 2.03. The Bertz CT molecular complexity index is 458. The van der Waals surface area contributed by atoms with E-state index in [-0.39, 0.29) is 30.6 Å². The first-order valence-electron chi connectivity index (χ1n) is 7.10. The van der Waals surface area contributed by atoms with Crippen molar-refractivity contribution in [2.75, 3.05) is 26.8 Å². The Hall–Kier alpha value is -0.930. The van der Waals surface area contributed by atoms with Gasteiger partial charge in [0.1, 0.15) is 5.82 Å². The van der Waals surface area contributed by atoms with Gasteiger partial charge < -0.3 is 20.5 Å². The van der Waals surface area contributed by atoms with Crippen LogP contribution in [0.3, 0.4) is 0 Å². The molecule has 1 aromatic rings. The number of methoxy groups -OCH3 is 1. The molecule has 0 saturated heterocycles. The summed E-state index contributed by atoms with van der Waals surface area (Å²) < 4.78 is 18.3. The number of halogens is 2. The van der Waals surface area contributed by atoms with Crippen molar-refractivity contribution in [3.05, 3.63) is 35.1 Å². The summed E-state index contributed by atoms with van der Waals surface area (Å²) >= 11 is 0. The van der Waals surface area contributed by atoms with Crippen LogP contribution in [0, 0.1) is 5.82 Å². The van der Waals surface area contributed by atoms with Crippen LogP contribution in [0.4, 0.5) is 4.39 Å². The average Bonchev–Trinajstić information content (AvgIpc) is 2.50. The number of aliphatic hydroxyl groups excluding tert-OH is 1. The van der Waals surface area contributed by atoms with Crippen molar-refractivity contribution in [3.63, 3.8) is 0 Å². The summed E-state index contributed by atoms with van der Waals surface area (Å²) in [5.74, 6) is 0.318. The molecule has 0 atom stereocenters. The number of ether oxygens (including phenoxy) is 1. The SMILES string of the molecule is CCNC(=NCc1ccc(F)c(CO)c1)NCCCOC.I. The van der Waals surface area contributed by atoms with E-state index in [9.17, 15) is 4.39 Å². The molecule has 0 aliphatic carbocycles. The molecule has 0 saturated carbocycles. The molecule has 0 fully saturated rings. The highest BCUT2D eigenvalue weighted by molar-refractivity contribution is 14.0. The van der Waals surface area contributed by atoms with E-state index in [4.69, 9.17) is 9.84 Å². The Kier molecular flexibility index (Phi) is 12.1. The second-order valence-corrected chi connectivity index (χ2v) is 4.55. The Labute approximate surface area is 148 Å². The minimum Gasteiger partial charge on any atom is -0.392 e. The van der Waals surface area contributed by atoms with Crippen molar-refractivity contribution in [3.8, 4) is 0 Å². The van der Waals surface area contributed by atoms with Crippen LogP contribution in [0.2, 0.25) is 0 Å². The topological polar surface area (TPSA) is 65.9 Å². The van der Waals surface area contributed by atoms with Crippen LogP contribution in [0.25, 0.3) is 0 Å². The molecule has 126 valence electrons. The summed E-state index contributed by atoms with van der Waals surface area (Å²) in [7, 11) is 1.67. The maximum atomic E-state index is 13.3. The monoisotopic (exact) mass is 425 g/mol. The lowest BCUT2D eigenvalue weighted by molar-refractivity contribution is 0.195. The Morgan fingerprint density at radius 3 is 2.77 bits per heavy atom. The van der Waals surface area contributed by atoms with Gasteiger partial charge in [-0.3, -0.25) is 0 Å². The molecule has 5 nitrogen and oxygen atoms in total. The molecular weight excluding hydrogens is 400 g/mol. The third-order valence-corrected chi connectivity index (χ3v) is 2.86. The number of rotatable bonds is 8. The second kappa shape index (κ2) is 12.6. The zero-order valence-electron chi connectivity index (χ0n) is 13.1. The van der Waals surface area contributed by atoms with E-state index in [1.54, 1.807) is 19.2 Å². The average molecular weight is 425 g/mol. The highest BCUT2D eigenvalue weighted by Crippen LogP contribution is 2.11. The van der Waals surface area contributed by atoms with Crippen LogP contribution in [-0.4, -0.2) is 37.9 Å². The summed E-state index contributed by atoms with van der Waals surface area (Å²) in [6, 6.07) is 4.66. The highest BCUT2D eigenvalue weighted by atomic mass is 127. The van der Waals surface area contributed by atoms with Crippen LogP contribution in [0.1, 0.15) is 24.5 Å². The van der Waals surface area contributed by atoms with Gasteiger partial charge in [0.15, 0.2) is 5.96 Å². The molecule has 0 aliphatic heterocycles. The Balaban J connectivity index is 0.00000441. The van der Waals surface area contributed by atoms with Crippen molar-refractivity contribution in [2.24, 2.45) is 4.99 Å². The van der Waals surface area contributed by atoms with E-state index in [2.05, 4.69) is 15.6 Å². The fraction of sp³-hybridized carbons (Fsp3) is 0.533. The zero-order valence-corrected chi connectivity index (χ0v) is 15.4. The smallest absolute Gasteiger partial charge is 0.191 e. The van der Waals surface area contributed by atoms with Gasteiger partial charge in [0.2, 0.25) is 0 Å². The van der Waals surface area contributed by atoms with Gasteiger partial charge in [0.05, 0.1) is 13.2 Å². The summed E-state index contributed by atoms with van der Waals surface area (Å²) in [5.41, 5.74) is 1.15. The second-order valence-electron chi connectivity index (χ2n) is 4.55. The van der Waals surface area contributed by atoms with E-state index in [1.165, 1.54) is 6.07 Å². The molecule has 0 unspecified atom stereocenters. The van der Waals surface area contributed by atoms with Gasteiger partial charge in [-0.1, -0.05) is 6.07 Å². The van der Waals surface area contributed by atoms with Gasteiger partial charge in [-0.2, -0.15) is 0 Å². The maximum Gasteiger partial charge on any atom is 0.191 e. The molecule has 1 aromatic carbocycles. The van der Waals surface area contributed by atoms with Crippen molar-refractivity contribution in [1.29, 1.82) is 0 Å². The number of nitrogens with one attached hydrogen (secondary N) is 2. The van der Waals surface area contributed by atoms with Gasteiger partial charge in [-0.25, -0.2) is 9.38 Å². The molecule has 1 rings (SSSR count). The number of guanidine groups is 1. The van der Waals surface area contributed by atoms with Gasteiger partial charge >= 0.3 is 0 Å². The van der Waals surface area contributed by atoms with Gasteiger partial charge in [0.25, 0.3) is 0 Å². The number of aliphatic hydroxyl groups is 1. The Morgan fingerprint density at radius 2 is 2.14 bits per heavy atom. The minimum absolute atomic E-state index is 0. The van der Waals surface area contributed by atoms with Crippen molar-refractivity contribution in [1.82, 2.24) is 10.6 Å².